The van der Waals surface area contributed by atoms with Crippen LogP contribution in [0.15, 0.2) is 42.6 Å². The number of hydrogen-bond donors (Lipinski definition) is 1. The molecule has 2 N–H and O–H groups in total. The lowest BCUT2D eigenvalue weighted by Gasteiger charge is -2.18. The van der Waals surface area contributed by atoms with Gasteiger partial charge in [0, 0.05) is 36.6 Å². The van der Waals surface area contributed by atoms with Crippen LogP contribution in [0, 0.1) is 0 Å². The first-order valence-corrected chi connectivity index (χ1v) is 5.70. The van der Waals surface area contributed by atoms with Crippen LogP contribution in [0.2, 0.25) is 5.02 Å². The van der Waals surface area contributed by atoms with Gasteiger partial charge in [0.25, 0.3) is 0 Å². The minimum atomic E-state index is 0.716. The Morgan fingerprint density at radius 3 is 2.82 bits per heavy atom. The Labute approximate surface area is 106 Å². The van der Waals surface area contributed by atoms with Gasteiger partial charge in [-0.3, -0.25) is 0 Å². The molecular formula is C13H14ClN3. The van der Waals surface area contributed by atoms with Crippen LogP contribution in [0.25, 0.3) is 0 Å². The fourth-order valence-corrected chi connectivity index (χ4v) is 1.85. The first-order chi connectivity index (χ1) is 8.15. The third kappa shape index (κ3) is 3.11. The first-order valence-electron chi connectivity index (χ1n) is 5.32. The molecule has 17 heavy (non-hydrogen) atoms. The van der Waals surface area contributed by atoms with Gasteiger partial charge in [-0.25, -0.2) is 4.98 Å². The summed E-state index contributed by atoms with van der Waals surface area (Å²) in [7, 11) is 1.97. The van der Waals surface area contributed by atoms with Gasteiger partial charge < -0.3 is 10.6 Å². The molecule has 1 aromatic carbocycles. The summed E-state index contributed by atoms with van der Waals surface area (Å²) in [6.45, 7) is 0.747. The van der Waals surface area contributed by atoms with Crippen LogP contribution in [0.1, 0.15) is 5.56 Å². The molecule has 0 aliphatic heterocycles. The zero-order valence-electron chi connectivity index (χ0n) is 9.60. The number of hydrogen-bond acceptors (Lipinski definition) is 3. The molecule has 0 aliphatic rings. The number of aromatic nitrogens is 1. The summed E-state index contributed by atoms with van der Waals surface area (Å²) in [4.78, 5) is 6.30. The average molecular weight is 248 g/mol. The number of pyridine rings is 1. The highest BCUT2D eigenvalue weighted by Gasteiger charge is 2.04. The van der Waals surface area contributed by atoms with Gasteiger partial charge in [-0.1, -0.05) is 23.7 Å². The smallest absolute Gasteiger partial charge is 0.130 e. The molecule has 0 saturated carbocycles. The van der Waals surface area contributed by atoms with Gasteiger partial charge in [0.2, 0.25) is 0 Å². The fraction of sp³-hybridized carbons (Fsp3) is 0.154. The van der Waals surface area contributed by atoms with E-state index in [1.54, 1.807) is 12.3 Å². The molecule has 0 radical (unpaired) electrons. The molecule has 3 nitrogen and oxygen atoms in total. The van der Waals surface area contributed by atoms with Crippen molar-refractivity contribution in [2.24, 2.45) is 0 Å². The van der Waals surface area contributed by atoms with Crippen LogP contribution >= 0.6 is 11.6 Å². The molecule has 2 aromatic rings. The molecule has 4 heteroatoms. The normalized spacial score (nSPS) is 10.2. The largest absolute Gasteiger partial charge is 0.399 e. The van der Waals surface area contributed by atoms with Crippen molar-refractivity contribution >= 4 is 23.1 Å². The summed E-state index contributed by atoms with van der Waals surface area (Å²) < 4.78 is 0. The van der Waals surface area contributed by atoms with Gasteiger partial charge >= 0.3 is 0 Å². The topological polar surface area (TPSA) is 42.1 Å². The van der Waals surface area contributed by atoms with Crippen molar-refractivity contribution in [2.75, 3.05) is 17.7 Å². The van der Waals surface area contributed by atoms with Gasteiger partial charge in [0.15, 0.2) is 0 Å². The molecule has 0 aliphatic carbocycles. The van der Waals surface area contributed by atoms with E-state index in [1.165, 1.54) is 0 Å². The quantitative estimate of drug-likeness (QED) is 0.907. The Hall–Kier alpha value is -1.74. The van der Waals surface area contributed by atoms with Gasteiger partial charge in [0.05, 0.1) is 0 Å². The highest BCUT2D eigenvalue weighted by atomic mass is 35.5. The van der Waals surface area contributed by atoms with E-state index in [4.69, 9.17) is 17.3 Å². The Kier molecular flexibility index (Phi) is 3.49. The van der Waals surface area contributed by atoms with Crippen molar-refractivity contribution in [3.63, 3.8) is 0 Å². The molecule has 0 fully saturated rings. The molecule has 2 rings (SSSR count). The lowest BCUT2D eigenvalue weighted by atomic mass is 10.2. The highest BCUT2D eigenvalue weighted by Crippen LogP contribution is 2.17. The standard InChI is InChI=1S/C13H14ClN3/c1-17(13-8-12(15)5-6-16-13)9-10-3-2-4-11(14)7-10/h2-8H,9H2,1H3,(H2,15,16). The molecule has 1 heterocycles. The van der Waals surface area contributed by atoms with E-state index in [2.05, 4.69) is 4.98 Å². The van der Waals surface area contributed by atoms with Crippen molar-refractivity contribution in [1.29, 1.82) is 0 Å². The predicted molar refractivity (Wildman–Crippen MR) is 72.2 cm³/mol. The van der Waals surface area contributed by atoms with E-state index in [-0.39, 0.29) is 0 Å². The summed E-state index contributed by atoms with van der Waals surface area (Å²) >= 11 is 5.95. The van der Waals surface area contributed by atoms with Crippen molar-refractivity contribution in [3.8, 4) is 0 Å². The first kappa shape index (κ1) is 11.7. The third-order valence-corrected chi connectivity index (χ3v) is 2.70. The fourth-order valence-electron chi connectivity index (χ4n) is 1.63. The molecule has 0 atom stereocenters. The van der Waals surface area contributed by atoms with E-state index in [0.717, 1.165) is 22.9 Å². The zero-order chi connectivity index (χ0) is 12.3. The second-order valence-electron chi connectivity index (χ2n) is 3.93. The van der Waals surface area contributed by atoms with Crippen molar-refractivity contribution in [2.45, 2.75) is 6.54 Å². The number of anilines is 2. The van der Waals surface area contributed by atoms with E-state index in [9.17, 15) is 0 Å². The van der Waals surface area contributed by atoms with Crippen LogP contribution in [0.3, 0.4) is 0 Å². The molecule has 88 valence electrons. The van der Waals surface area contributed by atoms with Crippen molar-refractivity contribution in [1.82, 2.24) is 4.98 Å². The van der Waals surface area contributed by atoms with E-state index < -0.39 is 0 Å². The predicted octanol–water partition coefficient (Wildman–Crippen LogP) is 2.95. The molecule has 1 aromatic heterocycles. The monoisotopic (exact) mass is 247 g/mol. The molecule has 0 spiro atoms. The van der Waals surface area contributed by atoms with Gasteiger partial charge in [-0.15, -0.1) is 0 Å². The number of nitrogen functional groups attached to an aromatic ring is 1. The second kappa shape index (κ2) is 5.06. The van der Waals surface area contributed by atoms with E-state index >= 15 is 0 Å². The summed E-state index contributed by atoms with van der Waals surface area (Å²) in [6.07, 6.45) is 1.71. The van der Waals surface area contributed by atoms with Crippen LogP contribution < -0.4 is 10.6 Å². The molecule has 0 amide bonds. The highest BCUT2D eigenvalue weighted by molar-refractivity contribution is 6.30. The second-order valence-corrected chi connectivity index (χ2v) is 4.37. The van der Waals surface area contributed by atoms with Crippen LogP contribution in [-0.2, 0) is 6.54 Å². The van der Waals surface area contributed by atoms with Crippen molar-refractivity contribution < 1.29 is 0 Å². The Balaban J connectivity index is 2.14. The lowest BCUT2D eigenvalue weighted by molar-refractivity contribution is 0.898. The summed E-state index contributed by atoms with van der Waals surface area (Å²) in [5, 5.41) is 0.747. The van der Waals surface area contributed by atoms with Crippen LogP contribution in [0.4, 0.5) is 11.5 Å². The van der Waals surface area contributed by atoms with Gasteiger partial charge in [-0.05, 0) is 23.8 Å². The number of halogens is 1. The van der Waals surface area contributed by atoms with Crippen LogP contribution in [0.5, 0.6) is 0 Å². The molecule has 0 unspecified atom stereocenters. The number of nitrogens with two attached hydrogens (primary N) is 1. The zero-order valence-corrected chi connectivity index (χ0v) is 10.4. The minimum Gasteiger partial charge on any atom is -0.399 e. The van der Waals surface area contributed by atoms with Gasteiger partial charge in [-0.2, -0.15) is 0 Å². The average Bonchev–Trinajstić information content (AvgIpc) is 2.29. The lowest BCUT2D eigenvalue weighted by Crippen LogP contribution is -2.17. The summed E-state index contributed by atoms with van der Waals surface area (Å²) in [5.74, 6) is 0.852. The maximum Gasteiger partial charge on any atom is 0.130 e. The SMILES string of the molecule is CN(Cc1cccc(Cl)c1)c1cc(N)ccn1. The maximum atomic E-state index is 5.95. The molecule has 0 bridgehead atoms. The Bertz CT molecular complexity index is 514. The van der Waals surface area contributed by atoms with Crippen molar-refractivity contribution in [3.05, 3.63) is 53.2 Å². The van der Waals surface area contributed by atoms with E-state index in [1.807, 2.05) is 42.3 Å². The third-order valence-electron chi connectivity index (χ3n) is 2.47. The Morgan fingerprint density at radius 1 is 1.29 bits per heavy atom. The number of nitrogens with zero attached hydrogens (tertiary/aromatic N) is 2. The van der Waals surface area contributed by atoms with Gasteiger partial charge in [0.1, 0.15) is 5.82 Å². The summed E-state index contributed by atoms with van der Waals surface area (Å²) in [5.41, 5.74) is 7.58. The van der Waals surface area contributed by atoms with E-state index in [0.29, 0.717) is 5.69 Å². The number of rotatable bonds is 3. The van der Waals surface area contributed by atoms with Crippen LogP contribution in [-0.4, -0.2) is 12.0 Å². The Morgan fingerprint density at radius 2 is 2.12 bits per heavy atom. The number of benzene rings is 1. The maximum absolute atomic E-state index is 5.95. The molecule has 0 saturated heterocycles. The summed E-state index contributed by atoms with van der Waals surface area (Å²) in [6, 6.07) is 11.4. The molecular weight excluding hydrogens is 234 g/mol. The minimum absolute atomic E-state index is 0.716.